The Labute approximate surface area is 126 Å². The molecule has 0 heterocycles. The summed E-state index contributed by atoms with van der Waals surface area (Å²) in [5.74, 6) is 1.96. The van der Waals surface area contributed by atoms with Crippen molar-refractivity contribution < 1.29 is 14.6 Å². The average molecular weight is 370 g/mol. The standard InChI is InChI=1S/C15H15IO3/c1-10(17)15-13(18-2)4-3-5-14(15)19-12-8-6-11(16)7-9-12/h3-10,17H,1-2H3/t10-/m0/s1. The van der Waals surface area contributed by atoms with Crippen LogP contribution in [-0.2, 0) is 0 Å². The molecule has 0 aromatic heterocycles. The van der Waals surface area contributed by atoms with Crippen LogP contribution in [0.1, 0.15) is 18.6 Å². The molecule has 0 radical (unpaired) electrons. The van der Waals surface area contributed by atoms with Crippen molar-refractivity contribution in [1.82, 2.24) is 0 Å². The first kappa shape index (κ1) is 14.1. The van der Waals surface area contributed by atoms with Gasteiger partial charge in [0.15, 0.2) is 0 Å². The van der Waals surface area contributed by atoms with E-state index >= 15 is 0 Å². The molecule has 0 aliphatic rings. The SMILES string of the molecule is COc1cccc(Oc2ccc(I)cc2)c1[C@H](C)O. The quantitative estimate of drug-likeness (QED) is 0.822. The van der Waals surface area contributed by atoms with Crippen molar-refractivity contribution >= 4 is 22.6 Å². The first-order valence-corrected chi connectivity index (χ1v) is 6.98. The predicted molar refractivity (Wildman–Crippen MR) is 82.9 cm³/mol. The molecule has 4 heteroatoms. The summed E-state index contributed by atoms with van der Waals surface area (Å²) < 4.78 is 12.2. The van der Waals surface area contributed by atoms with Crippen LogP contribution >= 0.6 is 22.6 Å². The molecule has 100 valence electrons. The van der Waals surface area contributed by atoms with Gasteiger partial charge in [0.1, 0.15) is 17.2 Å². The molecule has 0 spiro atoms. The second-order valence-corrected chi connectivity index (χ2v) is 5.35. The number of hydrogen-bond acceptors (Lipinski definition) is 3. The van der Waals surface area contributed by atoms with Gasteiger partial charge in [-0.05, 0) is 65.9 Å². The Hall–Kier alpha value is -1.27. The van der Waals surface area contributed by atoms with Crippen molar-refractivity contribution in [2.45, 2.75) is 13.0 Å². The Bertz CT molecular complexity index is 550. The highest BCUT2D eigenvalue weighted by atomic mass is 127. The topological polar surface area (TPSA) is 38.7 Å². The smallest absolute Gasteiger partial charge is 0.136 e. The monoisotopic (exact) mass is 370 g/mol. The second-order valence-electron chi connectivity index (χ2n) is 4.10. The summed E-state index contributed by atoms with van der Waals surface area (Å²) in [6.45, 7) is 1.69. The molecule has 3 nitrogen and oxygen atoms in total. The molecule has 0 bridgehead atoms. The zero-order valence-electron chi connectivity index (χ0n) is 10.8. The molecule has 2 aromatic carbocycles. The molecule has 0 saturated carbocycles. The van der Waals surface area contributed by atoms with Gasteiger partial charge in [0.25, 0.3) is 0 Å². The van der Waals surface area contributed by atoms with E-state index in [0.717, 1.165) is 9.32 Å². The highest BCUT2D eigenvalue weighted by Crippen LogP contribution is 2.36. The van der Waals surface area contributed by atoms with Crippen molar-refractivity contribution in [3.63, 3.8) is 0 Å². The Morgan fingerprint density at radius 1 is 1.05 bits per heavy atom. The lowest BCUT2D eigenvalue weighted by Gasteiger charge is -2.16. The number of aliphatic hydroxyl groups is 1. The van der Waals surface area contributed by atoms with Gasteiger partial charge in [-0.1, -0.05) is 6.07 Å². The first-order chi connectivity index (χ1) is 9.11. The van der Waals surface area contributed by atoms with Crippen LogP contribution in [0.3, 0.4) is 0 Å². The molecule has 1 N–H and O–H groups in total. The maximum atomic E-state index is 9.88. The summed E-state index contributed by atoms with van der Waals surface area (Å²) in [6.07, 6.45) is -0.657. The molecule has 2 aromatic rings. The molecule has 19 heavy (non-hydrogen) atoms. The van der Waals surface area contributed by atoms with E-state index in [0.29, 0.717) is 17.1 Å². The van der Waals surface area contributed by atoms with Crippen LogP contribution in [0.4, 0.5) is 0 Å². The maximum absolute atomic E-state index is 9.88. The van der Waals surface area contributed by atoms with Crippen LogP contribution in [0.5, 0.6) is 17.2 Å². The number of benzene rings is 2. The fourth-order valence-electron chi connectivity index (χ4n) is 1.83. The van der Waals surface area contributed by atoms with E-state index in [1.54, 1.807) is 14.0 Å². The third kappa shape index (κ3) is 3.39. The largest absolute Gasteiger partial charge is 0.496 e. The Morgan fingerprint density at radius 3 is 2.26 bits per heavy atom. The fraction of sp³-hybridized carbons (Fsp3) is 0.200. The van der Waals surface area contributed by atoms with Gasteiger partial charge in [0.2, 0.25) is 0 Å². The van der Waals surface area contributed by atoms with Gasteiger partial charge < -0.3 is 14.6 Å². The lowest BCUT2D eigenvalue weighted by atomic mass is 10.1. The van der Waals surface area contributed by atoms with E-state index < -0.39 is 6.10 Å². The second kappa shape index (κ2) is 6.25. The van der Waals surface area contributed by atoms with E-state index in [9.17, 15) is 5.11 Å². The number of rotatable bonds is 4. The van der Waals surface area contributed by atoms with Crippen molar-refractivity contribution in [1.29, 1.82) is 0 Å². The molecule has 0 amide bonds. The number of methoxy groups -OCH3 is 1. The average Bonchev–Trinajstić information content (AvgIpc) is 2.40. The van der Waals surface area contributed by atoms with Gasteiger partial charge >= 0.3 is 0 Å². The highest BCUT2D eigenvalue weighted by molar-refractivity contribution is 14.1. The summed E-state index contributed by atoms with van der Waals surface area (Å²) in [6, 6.07) is 13.2. The number of ether oxygens (including phenoxy) is 2. The lowest BCUT2D eigenvalue weighted by molar-refractivity contribution is 0.190. The summed E-state index contributed by atoms with van der Waals surface area (Å²) in [4.78, 5) is 0. The van der Waals surface area contributed by atoms with Crippen molar-refractivity contribution in [2.75, 3.05) is 7.11 Å². The summed E-state index contributed by atoms with van der Waals surface area (Å²) >= 11 is 2.24. The van der Waals surface area contributed by atoms with E-state index in [1.165, 1.54) is 0 Å². The minimum atomic E-state index is -0.657. The molecule has 0 aliphatic heterocycles. The molecule has 0 saturated heterocycles. The van der Waals surface area contributed by atoms with E-state index in [2.05, 4.69) is 22.6 Å². The van der Waals surface area contributed by atoms with Gasteiger partial charge in [0.05, 0.1) is 18.8 Å². The van der Waals surface area contributed by atoms with Crippen LogP contribution < -0.4 is 9.47 Å². The molecule has 0 fully saturated rings. The molecule has 0 aliphatic carbocycles. The maximum Gasteiger partial charge on any atom is 0.136 e. The van der Waals surface area contributed by atoms with E-state index in [4.69, 9.17) is 9.47 Å². The number of aliphatic hydroxyl groups excluding tert-OH is 1. The van der Waals surface area contributed by atoms with Crippen LogP contribution in [0.2, 0.25) is 0 Å². The highest BCUT2D eigenvalue weighted by Gasteiger charge is 2.15. The zero-order chi connectivity index (χ0) is 13.8. The summed E-state index contributed by atoms with van der Waals surface area (Å²) in [5, 5.41) is 9.88. The predicted octanol–water partition coefficient (Wildman–Crippen LogP) is 4.15. The van der Waals surface area contributed by atoms with Gasteiger partial charge in [-0.25, -0.2) is 0 Å². The number of hydrogen-bond donors (Lipinski definition) is 1. The Kier molecular flexibility index (Phi) is 4.66. The van der Waals surface area contributed by atoms with Crippen LogP contribution in [0, 0.1) is 3.57 Å². The van der Waals surface area contributed by atoms with Crippen LogP contribution in [-0.4, -0.2) is 12.2 Å². The number of halogens is 1. The van der Waals surface area contributed by atoms with E-state index in [-0.39, 0.29) is 0 Å². The fourth-order valence-corrected chi connectivity index (χ4v) is 2.19. The van der Waals surface area contributed by atoms with Crippen molar-refractivity contribution in [3.8, 4) is 17.2 Å². The molecular weight excluding hydrogens is 355 g/mol. The zero-order valence-corrected chi connectivity index (χ0v) is 12.9. The van der Waals surface area contributed by atoms with Gasteiger partial charge in [-0.2, -0.15) is 0 Å². The molecule has 2 rings (SSSR count). The molecule has 1 atom stereocenters. The van der Waals surface area contributed by atoms with Gasteiger partial charge in [-0.3, -0.25) is 0 Å². The molecule has 0 unspecified atom stereocenters. The Balaban J connectivity index is 2.36. The Morgan fingerprint density at radius 2 is 1.68 bits per heavy atom. The minimum Gasteiger partial charge on any atom is -0.496 e. The third-order valence-electron chi connectivity index (χ3n) is 2.71. The third-order valence-corrected chi connectivity index (χ3v) is 3.42. The molecular formula is C15H15IO3. The van der Waals surface area contributed by atoms with Crippen molar-refractivity contribution in [3.05, 3.63) is 51.6 Å². The summed E-state index contributed by atoms with van der Waals surface area (Å²) in [7, 11) is 1.58. The summed E-state index contributed by atoms with van der Waals surface area (Å²) in [5.41, 5.74) is 0.656. The van der Waals surface area contributed by atoms with Crippen molar-refractivity contribution in [2.24, 2.45) is 0 Å². The normalized spacial score (nSPS) is 12.0. The minimum absolute atomic E-state index is 0.607. The van der Waals surface area contributed by atoms with Crippen LogP contribution in [0.25, 0.3) is 0 Å². The van der Waals surface area contributed by atoms with Gasteiger partial charge in [-0.15, -0.1) is 0 Å². The van der Waals surface area contributed by atoms with E-state index in [1.807, 2.05) is 42.5 Å². The van der Waals surface area contributed by atoms with Crippen LogP contribution in [0.15, 0.2) is 42.5 Å². The van der Waals surface area contributed by atoms with Gasteiger partial charge in [0, 0.05) is 3.57 Å². The first-order valence-electron chi connectivity index (χ1n) is 5.90. The lowest BCUT2D eigenvalue weighted by Crippen LogP contribution is -2.00.